The van der Waals surface area contributed by atoms with Gasteiger partial charge in [0.25, 0.3) is 0 Å². The Kier molecular flexibility index (Phi) is 5.64. The molecule has 10 heavy (non-hydrogen) atoms. The molecule has 0 aromatic heterocycles. The summed E-state index contributed by atoms with van der Waals surface area (Å²) in [4.78, 5) is 0. The van der Waals surface area contributed by atoms with Crippen LogP contribution in [-0.4, -0.2) is 19.3 Å². The first kappa shape index (κ1) is 9.92. The van der Waals surface area contributed by atoms with Gasteiger partial charge in [-0.3, -0.25) is 0 Å². The number of ether oxygens (including phenoxy) is 1. The van der Waals surface area contributed by atoms with Gasteiger partial charge in [0, 0.05) is 13.2 Å². The molecular weight excluding hydrogens is 126 g/mol. The van der Waals surface area contributed by atoms with Crippen molar-refractivity contribution in [3.8, 4) is 0 Å². The molecular formula is C8H19NO. The Bertz CT molecular complexity index is 73.7. The standard InChI is InChI=1S/C8H19NO/c1-4-5-10-8(6-9)7(2)3/h7-8H,4-6,9H2,1-3H3. The maximum Gasteiger partial charge on any atom is 0.0720 e. The first-order chi connectivity index (χ1) is 4.72. The van der Waals surface area contributed by atoms with Crippen LogP contribution in [0.2, 0.25) is 0 Å². The highest BCUT2D eigenvalue weighted by molar-refractivity contribution is 4.61. The summed E-state index contributed by atoms with van der Waals surface area (Å²) in [5.41, 5.74) is 5.49. The highest BCUT2D eigenvalue weighted by atomic mass is 16.5. The predicted octanol–water partition coefficient (Wildman–Crippen LogP) is 1.40. The number of hydrogen-bond donors (Lipinski definition) is 1. The molecule has 1 unspecified atom stereocenters. The van der Waals surface area contributed by atoms with Crippen LogP contribution in [0.3, 0.4) is 0 Å². The summed E-state index contributed by atoms with van der Waals surface area (Å²) >= 11 is 0. The lowest BCUT2D eigenvalue weighted by Crippen LogP contribution is -2.29. The fraction of sp³-hybridized carbons (Fsp3) is 1.00. The summed E-state index contributed by atoms with van der Waals surface area (Å²) in [5, 5.41) is 0. The summed E-state index contributed by atoms with van der Waals surface area (Å²) in [5.74, 6) is 0.538. The van der Waals surface area contributed by atoms with Gasteiger partial charge in [0.2, 0.25) is 0 Å². The molecule has 0 aliphatic carbocycles. The highest BCUT2D eigenvalue weighted by Crippen LogP contribution is 2.04. The van der Waals surface area contributed by atoms with E-state index in [9.17, 15) is 0 Å². The summed E-state index contributed by atoms with van der Waals surface area (Å²) in [7, 11) is 0. The quantitative estimate of drug-likeness (QED) is 0.634. The molecule has 0 rings (SSSR count). The second-order valence-electron chi connectivity index (χ2n) is 2.89. The van der Waals surface area contributed by atoms with Gasteiger partial charge in [0.15, 0.2) is 0 Å². The molecule has 0 fully saturated rings. The Morgan fingerprint density at radius 1 is 1.40 bits per heavy atom. The van der Waals surface area contributed by atoms with Crippen molar-refractivity contribution in [1.82, 2.24) is 0 Å². The molecule has 0 amide bonds. The van der Waals surface area contributed by atoms with Crippen LogP contribution >= 0.6 is 0 Å². The Morgan fingerprint density at radius 3 is 2.30 bits per heavy atom. The van der Waals surface area contributed by atoms with Gasteiger partial charge in [-0.2, -0.15) is 0 Å². The predicted molar refractivity (Wildman–Crippen MR) is 43.9 cm³/mol. The summed E-state index contributed by atoms with van der Waals surface area (Å²) in [6.07, 6.45) is 1.32. The molecule has 0 heterocycles. The van der Waals surface area contributed by atoms with E-state index in [-0.39, 0.29) is 6.10 Å². The molecule has 0 spiro atoms. The van der Waals surface area contributed by atoms with Crippen LogP contribution in [0.15, 0.2) is 0 Å². The van der Waals surface area contributed by atoms with E-state index in [4.69, 9.17) is 10.5 Å². The molecule has 0 aromatic carbocycles. The van der Waals surface area contributed by atoms with Crippen molar-refractivity contribution >= 4 is 0 Å². The maximum atomic E-state index is 5.49. The van der Waals surface area contributed by atoms with Crippen molar-refractivity contribution < 1.29 is 4.74 Å². The SMILES string of the molecule is CCCOC(CN)C(C)C. The third-order valence-electron chi connectivity index (χ3n) is 1.51. The van der Waals surface area contributed by atoms with Gasteiger partial charge in [-0.1, -0.05) is 20.8 Å². The van der Waals surface area contributed by atoms with E-state index in [1.54, 1.807) is 0 Å². The van der Waals surface area contributed by atoms with Crippen molar-refractivity contribution in [2.45, 2.75) is 33.3 Å². The van der Waals surface area contributed by atoms with Crippen LogP contribution in [-0.2, 0) is 4.74 Å². The number of rotatable bonds is 5. The summed E-state index contributed by atoms with van der Waals surface area (Å²) < 4.78 is 5.48. The summed E-state index contributed by atoms with van der Waals surface area (Å²) in [6, 6.07) is 0. The number of hydrogen-bond acceptors (Lipinski definition) is 2. The second-order valence-corrected chi connectivity index (χ2v) is 2.89. The molecule has 0 saturated carbocycles. The number of nitrogens with two attached hydrogens (primary N) is 1. The van der Waals surface area contributed by atoms with Gasteiger partial charge < -0.3 is 10.5 Å². The molecule has 62 valence electrons. The average Bonchev–Trinajstić information content (AvgIpc) is 1.89. The fourth-order valence-corrected chi connectivity index (χ4v) is 0.802. The molecule has 1 atom stereocenters. The van der Waals surface area contributed by atoms with E-state index < -0.39 is 0 Å². The van der Waals surface area contributed by atoms with Crippen LogP contribution in [0, 0.1) is 5.92 Å². The van der Waals surface area contributed by atoms with Crippen molar-refractivity contribution in [2.24, 2.45) is 11.7 Å². The van der Waals surface area contributed by atoms with Gasteiger partial charge in [-0.05, 0) is 12.3 Å². The molecule has 0 radical (unpaired) electrons. The third kappa shape index (κ3) is 3.85. The van der Waals surface area contributed by atoms with Gasteiger partial charge in [0.05, 0.1) is 6.10 Å². The molecule has 0 aromatic rings. The van der Waals surface area contributed by atoms with E-state index >= 15 is 0 Å². The summed E-state index contributed by atoms with van der Waals surface area (Å²) in [6.45, 7) is 7.84. The van der Waals surface area contributed by atoms with Crippen molar-refractivity contribution in [1.29, 1.82) is 0 Å². The second kappa shape index (κ2) is 5.69. The monoisotopic (exact) mass is 145 g/mol. The van der Waals surface area contributed by atoms with Gasteiger partial charge in [0.1, 0.15) is 0 Å². The molecule has 2 N–H and O–H groups in total. The topological polar surface area (TPSA) is 35.2 Å². The van der Waals surface area contributed by atoms with E-state index in [1.165, 1.54) is 0 Å². The molecule has 0 aliphatic rings. The van der Waals surface area contributed by atoms with E-state index in [0.29, 0.717) is 12.5 Å². The lowest BCUT2D eigenvalue weighted by molar-refractivity contribution is 0.0290. The van der Waals surface area contributed by atoms with Crippen LogP contribution < -0.4 is 5.73 Å². The minimum Gasteiger partial charge on any atom is -0.377 e. The van der Waals surface area contributed by atoms with Crippen LogP contribution in [0.4, 0.5) is 0 Å². The van der Waals surface area contributed by atoms with Crippen LogP contribution in [0.25, 0.3) is 0 Å². The largest absolute Gasteiger partial charge is 0.377 e. The van der Waals surface area contributed by atoms with E-state index in [1.807, 2.05) is 0 Å². The zero-order chi connectivity index (χ0) is 7.98. The minimum absolute atomic E-state index is 0.250. The zero-order valence-corrected chi connectivity index (χ0v) is 7.26. The smallest absolute Gasteiger partial charge is 0.0720 e. The van der Waals surface area contributed by atoms with Crippen LogP contribution in [0.5, 0.6) is 0 Å². The Hall–Kier alpha value is -0.0800. The van der Waals surface area contributed by atoms with E-state index in [2.05, 4.69) is 20.8 Å². The normalized spacial score (nSPS) is 14.1. The molecule has 0 bridgehead atoms. The van der Waals surface area contributed by atoms with Crippen LogP contribution in [0.1, 0.15) is 27.2 Å². The van der Waals surface area contributed by atoms with E-state index in [0.717, 1.165) is 13.0 Å². The molecule has 2 heteroatoms. The van der Waals surface area contributed by atoms with Crippen molar-refractivity contribution in [2.75, 3.05) is 13.2 Å². The highest BCUT2D eigenvalue weighted by Gasteiger charge is 2.09. The lowest BCUT2D eigenvalue weighted by atomic mass is 10.1. The van der Waals surface area contributed by atoms with Crippen molar-refractivity contribution in [3.63, 3.8) is 0 Å². The van der Waals surface area contributed by atoms with Gasteiger partial charge >= 0.3 is 0 Å². The Labute approximate surface area is 63.7 Å². The fourth-order valence-electron chi connectivity index (χ4n) is 0.802. The zero-order valence-electron chi connectivity index (χ0n) is 7.26. The molecule has 0 saturated heterocycles. The minimum atomic E-state index is 0.250. The molecule has 2 nitrogen and oxygen atoms in total. The first-order valence-corrected chi connectivity index (χ1v) is 4.04. The molecule has 0 aliphatic heterocycles. The first-order valence-electron chi connectivity index (χ1n) is 4.04. The van der Waals surface area contributed by atoms with Gasteiger partial charge in [-0.25, -0.2) is 0 Å². The maximum absolute atomic E-state index is 5.49. The Balaban J connectivity index is 3.40. The lowest BCUT2D eigenvalue weighted by Gasteiger charge is -2.18. The Morgan fingerprint density at radius 2 is 2.00 bits per heavy atom. The van der Waals surface area contributed by atoms with Gasteiger partial charge in [-0.15, -0.1) is 0 Å². The van der Waals surface area contributed by atoms with Crippen molar-refractivity contribution in [3.05, 3.63) is 0 Å². The third-order valence-corrected chi connectivity index (χ3v) is 1.51. The average molecular weight is 145 g/mol.